The molecule has 0 amide bonds. The zero-order chi connectivity index (χ0) is 21.3. The summed E-state index contributed by atoms with van der Waals surface area (Å²) in [5.74, 6) is -1.34. The van der Waals surface area contributed by atoms with Crippen molar-refractivity contribution in [3.8, 4) is 11.5 Å². The minimum Gasteiger partial charge on any atom is -0.454 e. The predicted octanol–water partition coefficient (Wildman–Crippen LogP) is 3.98. The van der Waals surface area contributed by atoms with Crippen LogP contribution in [-0.4, -0.2) is 28.7 Å². The number of halogens is 2. The molecule has 1 atom stereocenters. The molecule has 0 heterocycles. The lowest BCUT2D eigenvalue weighted by molar-refractivity contribution is 0.0953. The summed E-state index contributed by atoms with van der Waals surface area (Å²) in [6.07, 6.45) is 0.642. The van der Waals surface area contributed by atoms with Crippen LogP contribution in [0.2, 0.25) is 0 Å². The van der Waals surface area contributed by atoms with Crippen molar-refractivity contribution in [1.82, 2.24) is 0 Å². The molecule has 0 unspecified atom stereocenters. The lowest BCUT2D eigenvalue weighted by Crippen LogP contribution is -2.15. The van der Waals surface area contributed by atoms with Gasteiger partial charge in [-0.25, -0.2) is 8.78 Å². The van der Waals surface area contributed by atoms with Crippen LogP contribution in [0.4, 0.5) is 8.78 Å². The number of hydrogen-bond acceptors (Lipinski definition) is 4. The van der Waals surface area contributed by atoms with Gasteiger partial charge in [0.25, 0.3) is 0 Å². The average Bonchev–Trinajstić information content (AvgIpc) is 2.87. The van der Waals surface area contributed by atoms with E-state index in [0.29, 0.717) is 29.7 Å². The van der Waals surface area contributed by atoms with Gasteiger partial charge in [-0.05, 0) is 65.9 Å². The molecule has 30 heavy (non-hydrogen) atoms. The molecule has 0 aliphatic heterocycles. The monoisotopic (exact) mass is 410 g/mol. The highest BCUT2D eigenvalue weighted by atomic mass is 19.1. The summed E-state index contributed by atoms with van der Waals surface area (Å²) in [6.45, 7) is -0.342. The summed E-state index contributed by atoms with van der Waals surface area (Å²) >= 11 is 0. The lowest BCUT2D eigenvalue weighted by Gasteiger charge is -2.11. The van der Waals surface area contributed by atoms with Crippen LogP contribution >= 0.6 is 0 Å². The van der Waals surface area contributed by atoms with E-state index >= 15 is 0 Å². The van der Waals surface area contributed by atoms with E-state index in [4.69, 9.17) is 9.84 Å². The Morgan fingerprint density at radius 3 is 2.50 bits per heavy atom. The van der Waals surface area contributed by atoms with Crippen molar-refractivity contribution in [2.24, 2.45) is 0 Å². The van der Waals surface area contributed by atoms with E-state index < -0.39 is 17.7 Å². The highest BCUT2D eigenvalue weighted by Crippen LogP contribution is 2.31. The van der Waals surface area contributed by atoms with Gasteiger partial charge in [0, 0.05) is 23.6 Å². The van der Waals surface area contributed by atoms with Crippen molar-refractivity contribution in [3.05, 3.63) is 94.0 Å². The Hall–Kier alpha value is -3.09. The molecule has 154 valence electrons. The quantitative estimate of drug-likeness (QED) is 0.668. The van der Waals surface area contributed by atoms with Crippen LogP contribution in [0.1, 0.15) is 32.6 Å². The number of hydrogen-bond donors (Lipinski definition) is 2. The van der Waals surface area contributed by atoms with E-state index in [1.54, 1.807) is 24.3 Å². The summed E-state index contributed by atoms with van der Waals surface area (Å²) < 4.78 is 32.5. The zero-order valence-corrected chi connectivity index (χ0v) is 16.1. The third-order valence-electron chi connectivity index (χ3n) is 5.21. The highest BCUT2D eigenvalue weighted by Gasteiger charge is 2.22. The SMILES string of the molecule is O=C1c2ccc(Oc3ccc(F)cc3F)cc2CCc2ccc(C[C@H](O)CO)cc21. The number of carbonyl (C=O) groups excluding carboxylic acids is 1. The van der Waals surface area contributed by atoms with Crippen molar-refractivity contribution >= 4 is 5.78 Å². The van der Waals surface area contributed by atoms with Gasteiger partial charge in [-0.15, -0.1) is 0 Å². The number of rotatable bonds is 5. The maximum Gasteiger partial charge on any atom is 0.193 e. The number of aliphatic hydroxyl groups is 2. The summed E-state index contributed by atoms with van der Waals surface area (Å²) in [4.78, 5) is 13.1. The third kappa shape index (κ3) is 4.10. The fraction of sp³-hybridized carbons (Fsp3) is 0.208. The Kier molecular flexibility index (Phi) is 5.61. The average molecular weight is 410 g/mol. The minimum absolute atomic E-state index is 0.0910. The van der Waals surface area contributed by atoms with Crippen LogP contribution in [0.15, 0.2) is 54.6 Å². The van der Waals surface area contributed by atoms with E-state index in [-0.39, 0.29) is 24.6 Å². The number of carbonyl (C=O) groups is 1. The molecule has 1 aliphatic rings. The van der Waals surface area contributed by atoms with Crippen molar-refractivity contribution in [1.29, 1.82) is 0 Å². The summed E-state index contributed by atoms with van der Waals surface area (Å²) in [6, 6.07) is 13.5. The number of ether oxygens (including phenoxy) is 1. The maximum atomic E-state index is 13.9. The van der Waals surface area contributed by atoms with Gasteiger partial charge in [0.05, 0.1) is 12.7 Å². The Balaban J connectivity index is 1.63. The normalized spacial score (nSPS) is 13.9. The number of aryl methyl sites for hydroxylation is 2. The van der Waals surface area contributed by atoms with Crippen LogP contribution in [0.25, 0.3) is 0 Å². The first-order chi connectivity index (χ1) is 14.4. The fourth-order valence-electron chi connectivity index (χ4n) is 3.68. The standard InChI is InChI=1S/C24H20F2O4/c25-17-5-8-23(22(26)12-17)30-19-6-7-20-16(11-19)4-3-15-2-1-14(9-18(28)13-27)10-21(15)24(20)29/h1-2,5-8,10-12,18,27-28H,3-4,9,13H2/t18-/m0/s1. The van der Waals surface area contributed by atoms with Crippen LogP contribution in [0, 0.1) is 11.6 Å². The number of benzene rings is 3. The zero-order valence-electron chi connectivity index (χ0n) is 16.1. The van der Waals surface area contributed by atoms with Gasteiger partial charge in [-0.2, -0.15) is 0 Å². The van der Waals surface area contributed by atoms with Crippen molar-refractivity contribution in [2.75, 3.05) is 6.61 Å². The smallest absolute Gasteiger partial charge is 0.193 e. The van der Waals surface area contributed by atoms with Crippen molar-refractivity contribution in [3.63, 3.8) is 0 Å². The van der Waals surface area contributed by atoms with Crippen LogP contribution < -0.4 is 4.74 Å². The molecule has 0 aromatic heterocycles. The van der Waals surface area contributed by atoms with E-state index in [2.05, 4.69) is 0 Å². The lowest BCUT2D eigenvalue weighted by atomic mass is 9.95. The highest BCUT2D eigenvalue weighted by molar-refractivity contribution is 6.11. The molecule has 2 N–H and O–H groups in total. The fourth-order valence-corrected chi connectivity index (χ4v) is 3.68. The molecule has 4 nitrogen and oxygen atoms in total. The summed E-state index contributed by atoms with van der Waals surface area (Å²) in [7, 11) is 0. The summed E-state index contributed by atoms with van der Waals surface area (Å²) in [5.41, 5.74) is 3.59. The first kappa shape index (κ1) is 20.2. The molecular weight excluding hydrogens is 390 g/mol. The van der Waals surface area contributed by atoms with E-state index in [1.165, 1.54) is 6.07 Å². The second kappa shape index (κ2) is 8.34. The molecule has 3 aromatic rings. The Morgan fingerprint density at radius 2 is 1.73 bits per heavy atom. The Labute approximate surface area is 172 Å². The number of fused-ring (bicyclic) bond motifs is 2. The second-order valence-electron chi connectivity index (χ2n) is 7.36. The van der Waals surface area contributed by atoms with E-state index in [0.717, 1.165) is 28.8 Å². The molecule has 4 rings (SSSR count). The maximum absolute atomic E-state index is 13.9. The van der Waals surface area contributed by atoms with Gasteiger partial charge in [0.1, 0.15) is 11.6 Å². The summed E-state index contributed by atoms with van der Waals surface area (Å²) in [5, 5.41) is 18.7. The van der Waals surface area contributed by atoms with E-state index in [1.807, 2.05) is 12.1 Å². The van der Waals surface area contributed by atoms with Crippen LogP contribution in [-0.2, 0) is 19.3 Å². The van der Waals surface area contributed by atoms with Crippen molar-refractivity contribution in [2.45, 2.75) is 25.4 Å². The van der Waals surface area contributed by atoms with Gasteiger partial charge in [0.15, 0.2) is 17.3 Å². The molecule has 0 saturated carbocycles. The molecular formula is C24H20F2O4. The predicted molar refractivity (Wildman–Crippen MR) is 107 cm³/mol. The second-order valence-corrected chi connectivity index (χ2v) is 7.36. The largest absolute Gasteiger partial charge is 0.454 e. The van der Waals surface area contributed by atoms with Gasteiger partial charge >= 0.3 is 0 Å². The molecule has 0 spiro atoms. The molecule has 6 heteroatoms. The molecule has 0 saturated heterocycles. The van der Waals surface area contributed by atoms with Crippen LogP contribution in [0.5, 0.6) is 11.5 Å². The molecule has 0 radical (unpaired) electrons. The first-order valence-corrected chi connectivity index (χ1v) is 9.66. The van der Waals surface area contributed by atoms with Gasteiger partial charge < -0.3 is 14.9 Å². The van der Waals surface area contributed by atoms with Gasteiger partial charge in [0.2, 0.25) is 0 Å². The van der Waals surface area contributed by atoms with Crippen LogP contribution in [0.3, 0.4) is 0 Å². The Morgan fingerprint density at radius 1 is 0.933 bits per heavy atom. The first-order valence-electron chi connectivity index (χ1n) is 9.66. The van der Waals surface area contributed by atoms with Gasteiger partial charge in [-0.3, -0.25) is 4.79 Å². The minimum atomic E-state index is -0.872. The van der Waals surface area contributed by atoms with Gasteiger partial charge in [-0.1, -0.05) is 12.1 Å². The number of ketones is 1. The number of aliphatic hydroxyl groups excluding tert-OH is 2. The van der Waals surface area contributed by atoms with E-state index in [9.17, 15) is 18.7 Å². The molecule has 3 aromatic carbocycles. The molecule has 0 fully saturated rings. The third-order valence-corrected chi connectivity index (χ3v) is 5.21. The molecule has 1 aliphatic carbocycles. The molecule has 0 bridgehead atoms. The Bertz CT molecular complexity index is 1110. The van der Waals surface area contributed by atoms with Crippen molar-refractivity contribution < 1.29 is 28.5 Å². The topological polar surface area (TPSA) is 66.8 Å².